The lowest BCUT2D eigenvalue weighted by molar-refractivity contribution is 0.142. The van der Waals surface area contributed by atoms with Crippen molar-refractivity contribution in [2.24, 2.45) is 5.92 Å². The van der Waals surface area contributed by atoms with Crippen LogP contribution in [-0.4, -0.2) is 29.2 Å². The molecule has 0 saturated carbocycles. The van der Waals surface area contributed by atoms with Gasteiger partial charge in [-0.25, -0.2) is 4.79 Å². The summed E-state index contributed by atoms with van der Waals surface area (Å²) < 4.78 is 6.00. The molecule has 2 aliphatic rings. The van der Waals surface area contributed by atoms with Crippen molar-refractivity contribution in [3.05, 3.63) is 47.1 Å². The highest BCUT2D eigenvalue weighted by atomic mass is 16.6. The number of carbonyl (C=O) groups is 1. The van der Waals surface area contributed by atoms with Crippen LogP contribution in [0.2, 0.25) is 0 Å². The highest BCUT2D eigenvalue weighted by Crippen LogP contribution is 2.47. The second-order valence-electron chi connectivity index (χ2n) is 9.43. The van der Waals surface area contributed by atoms with E-state index in [-0.39, 0.29) is 23.7 Å². The molecule has 1 N–H and O–H groups in total. The molecular formula is C27H39NO3. The van der Waals surface area contributed by atoms with Gasteiger partial charge in [0, 0.05) is 24.6 Å². The number of hydrogen-bond donors (Lipinski definition) is 1. The van der Waals surface area contributed by atoms with Crippen LogP contribution in [0.3, 0.4) is 0 Å². The molecule has 0 unspecified atom stereocenters. The summed E-state index contributed by atoms with van der Waals surface area (Å²) in [6.45, 7) is 12.1. The number of rotatable bonds is 7. The maximum Gasteiger partial charge on any atom is 0.415 e. The Bertz CT molecular complexity index is 820. The molecule has 0 bridgehead atoms. The number of likely N-dealkylation sites (tertiary alicyclic amines) is 1. The van der Waals surface area contributed by atoms with E-state index < -0.39 is 0 Å². The first-order chi connectivity index (χ1) is 14.9. The minimum absolute atomic E-state index is 0.0277. The Labute approximate surface area is 188 Å². The summed E-state index contributed by atoms with van der Waals surface area (Å²) in [5, 5.41) is 11.1. The molecule has 3 rings (SSSR count). The number of aromatic hydroxyl groups is 1. The fraction of sp³-hybridized carbons (Fsp3) is 0.593. The minimum Gasteiger partial charge on any atom is -0.507 e. The Kier molecular flexibility index (Phi) is 8.22. The Morgan fingerprint density at radius 3 is 2.65 bits per heavy atom. The van der Waals surface area contributed by atoms with Crippen molar-refractivity contribution in [1.82, 2.24) is 4.90 Å². The fourth-order valence-corrected chi connectivity index (χ4v) is 4.95. The van der Waals surface area contributed by atoms with Crippen molar-refractivity contribution < 1.29 is 14.6 Å². The number of phenolic OH excluding ortho intramolecular Hbond substituents is 1. The second-order valence-corrected chi connectivity index (χ2v) is 9.43. The van der Waals surface area contributed by atoms with Crippen LogP contribution < -0.4 is 4.74 Å². The van der Waals surface area contributed by atoms with Crippen molar-refractivity contribution in [3.63, 3.8) is 0 Å². The van der Waals surface area contributed by atoms with Crippen LogP contribution in [0.1, 0.15) is 89.2 Å². The normalized spacial score (nSPS) is 21.5. The number of nitrogens with zero attached hydrogens (tertiary/aromatic N) is 1. The van der Waals surface area contributed by atoms with Crippen molar-refractivity contribution in [2.75, 3.05) is 13.1 Å². The molecule has 4 nitrogen and oxygen atoms in total. The van der Waals surface area contributed by atoms with Crippen LogP contribution >= 0.6 is 0 Å². The predicted molar refractivity (Wildman–Crippen MR) is 127 cm³/mol. The maximum absolute atomic E-state index is 13.0. The first-order valence-corrected chi connectivity index (χ1v) is 12.1. The van der Waals surface area contributed by atoms with E-state index in [1.807, 2.05) is 12.1 Å². The highest BCUT2D eigenvalue weighted by Gasteiger charge is 2.32. The molecule has 1 aromatic carbocycles. The lowest BCUT2D eigenvalue weighted by Crippen LogP contribution is -2.37. The number of phenols is 1. The van der Waals surface area contributed by atoms with Crippen LogP contribution in [-0.2, 0) is 6.42 Å². The number of allylic oxidation sites excluding steroid dienone is 3. The van der Waals surface area contributed by atoms with E-state index in [1.54, 1.807) is 4.90 Å². The van der Waals surface area contributed by atoms with Crippen LogP contribution in [0, 0.1) is 5.92 Å². The molecule has 31 heavy (non-hydrogen) atoms. The van der Waals surface area contributed by atoms with Crippen molar-refractivity contribution in [1.29, 1.82) is 0 Å². The van der Waals surface area contributed by atoms with Crippen LogP contribution in [0.5, 0.6) is 11.5 Å². The number of hydrogen-bond acceptors (Lipinski definition) is 3. The van der Waals surface area contributed by atoms with Gasteiger partial charge < -0.3 is 14.7 Å². The van der Waals surface area contributed by atoms with E-state index >= 15 is 0 Å². The van der Waals surface area contributed by atoms with Gasteiger partial charge in [0.25, 0.3) is 0 Å². The van der Waals surface area contributed by atoms with E-state index in [1.165, 1.54) is 5.57 Å². The van der Waals surface area contributed by atoms with Gasteiger partial charge in [0.15, 0.2) is 0 Å². The molecule has 1 heterocycles. The highest BCUT2D eigenvalue weighted by molar-refractivity contribution is 5.72. The molecule has 170 valence electrons. The van der Waals surface area contributed by atoms with E-state index in [4.69, 9.17) is 4.74 Å². The molecule has 1 aliphatic heterocycles. The first-order valence-electron chi connectivity index (χ1n) is 12.1. The maximum atomic E-state index is 13.0. The van der Waals surface area contributed by atoms with Crippen LogP contribution in [0.15, 0.2) is 35.9 Å². The average Bonchev–Trinajstić information content (AvgIpc) is 2.74. The van der Waals surface area contributed by atoms with Gasteiger partial charge in [-0.1, -0.05) is 43.6 Å². The number of ether oxygens (including phenoxy) is 1. The summed E-state index contributed by atoms with van der Waals surface area (Å²) in [5.41, 5.74) is 4.17. The molecule has 1 fully saturated rings. The van der Waals surface area contributed by atoms with Gasteiger partial charge in [0.2, 0.25) is 0 Å². The van der Waals surface area contributed by atoms with Gasteiger partial charge in [-0.15, -0.1) is 0 Å². The lowest BCUT2D eigenvalue weighted by Gasteiger charge is -2.32. The van der Waals surface area contributed by atoms with E-state index in [0.717, 1.165) is 87.6 Å². The third-order valence-corrected chi connectivity index (χ3v) is 6.77. The summed E-state index contributed by atoms with van der Waals surface area (Å²) in [4.78, 5) is 14.8. The summed E-state index contributed by atoms with van der Waals surface area (Å²) >= 11 is 0. The number of benzene rings is 1. The fourth-order valence-electron chi connectivity index (χ4n) is 4.95. The van der Waals surface area contributed by atoms with Gasteiger partial charge in [0.05, 0.1) is 0 Å². The topological polar surface area (TPSA) is 49.8 Å². The summed E-state index contributed by atoms with van der Waals surface area (Å²) in [6, 6.07) is 3.86. The molecule has 0 spiro atoms. The zero-order valence-corrected chi connectivity index (χ0v) is 19.6. The Morgan fingerprint density at radius 1 is 1.23 bits per heavy atom. The van der Waals surface area contributed by atoms with Gasteiger partial charge >= 0.3 is 6.09 Å². The molecule has 0 aromatic heterocycles. The van der Waals surface area contributed by atoms with Crippen LogP contribution in [0.25, 0.3) is 0 Å². The van der Waals surface area contributed by atoms with E-state index in [0.29, 0.717) is 5.75 Å². The van der Waals surface area contributed by atoms with Gasteiger partial charge in [-0.05, 0) is 82.4 Å². The molecule has 4 heteroatoms. The third kappa shape index (κ3) is 5.93. The van der Waals surface area contributed by atoms with Gasteiger partial charge in [-0.3, -0.25) is 0 Å². The molecule has 1 aromatic rings. The molecule has 2 atom stereocenters. The molecule has 1 saturated heterocycles. The predicted octanol–water partition coefficient (Wildman–Crippen LogP) is 7.13. The summed E-state index contributed by atoms with van der Waals surface area (Å²) in [6.07, 6.45) is 11.4. The van der Waals surface area contributed by atoms with E-state index in [2.05, 4.69) is 33.4 Å². The first kappa shape index (κ1) is 23.4. The largest absolute Gasteiger partial charge is 0.507 e. The minimum atomic E-state index is -0.297. The standard InChI is InChI=1S/C27H39NO3/c1-5-6-8-11-21-17-24(29)26(23-16-20(4)12-13-22(23)19(2)3)25(18-21)31-27(30)28-14-9-7-10-15-28/h16-18,22-23,29H,2,5-15H2,1,3-4H3/t22-,23+/m1/s1. The van der Waals surface area contributed by atoms with Gasteiger partial charge in [0.1, 0.15) is 11.5 Å². The number of piperidine rings is 1. The lowest BCUT2D eigenvalue weighted by atomic mass is 9.73. The number of unbranched alkanes of at least 4 members (excludes halogenated alkanes) is 2. The zero-order chi connectivity index (χ0) is 22.4. The number of carbonyl (C=O) groups excluding carboxylic acids is 1. The second kappa shape index (κ2) is 10.9. The van der Waals surface area contributed by atoms with Gasteiger partial charge in [-0.2, -0.15) is 0 Å². The molecule has 1 aliphatic carbocycles. The van der Waals surface area contributed by atoms with Crippen molar-refractivity contribution in [2.45, 2.75) is 84.5 Å². The molecular weight excluding hydrogens is 386 g/mol. The Morgan fingerprint density at radius 2 is 1.97 bits per heavy atom. The average molecular weight is 426 g/mol. The SMILES string of the molecule is C=C(C)[C@H]1CCC(C)=C[C@@H]1c1c(O)cc(CCCCC)cc1OC(=O)N1CCCCC1. The van der Waals surface area contributed by atoms with E-state index in [9.17, 15) is 9.90 Å². The molecule has 1 amide bonds. The smallest absolute Gasteiger partial charge is 0.415 e. The summed E-state index contributed by atoms with van der Waals surface area (Å²) in [7, 11) is 0. The molecule has 0 radical (unpaired) electrons. The zero-order valence-electron chi connectivity index (χ0n) is 19.6. The number of aryl methyl sites for hydroxylation is 1. The number of amides is 1. The van der Waals surface area contributed by atoms with Crippen molar-refractivity contribution >= 4 is 6.09 Å². The van der Waals surface area contributed by atoms with Crippen LogP contribution in [0.4, 0.5) is 4.79 Å². The summed E-state index contributed by atoms with van der Waals surface area (Å²) in [5.74, 6) is 0.954. The Hall–Kier alpha value is -2.23. The third-order valence-electron chi connectivity index (χ3n) is 6.77. The Balaban J connectivity index is 1.98. The quantitative estimate of drug-likeness (QED) is 0.373. The monoisotopic (exact) mass is 425 g/mol. The van der Waals surface area contributed by atoms with Crippen molar-refractivity contribution in [3.8, 4) is 11.5 Å².